The Bertz CT molecular complexity index is 2410. The van der Waals surface area contributed by atoms with E-state index in [9.17, 15) is 19.5 Å². The van der Waals surface area contributed by atoms with Crippen LogP contribution in [0.2, 0.25) is 0 Å². The highest BCUT2D eigenvalue weighted by Gasteiger charge is 2.48. The SMILES string of the molecule is COc1cc(N2CC3(CCC(CN4CCC5(CC4)COc4cc6c(cc45)CN(C4CCC(=O)NC4=O)C6=O)CC3)C2)c(F)cc1C(C)c1ccc(O)cc1CCCc1ccccc1. The van der Waals surface area contributed by atoms with Crippen LogP contribution in [0.4, 0.5) is 10.1 Å². The summed E-state index contributed by atoms with van der Waals surface area (Å²) in [7, 11) is 1.67. The smallest absolute Gasteiger partial charge is 0.255 e. The number of hydrogen-bond acceptors (Lipinski definition) is 8. The number of rotatable bonds is 11. The van der Waals surface area contributed by atoms with E-state index in [0.717, 1.165) is 106 Å². The molecule has 3 amide bonds. The minimum absolute atomic E-state index is 0.0662. The molecular formula is C52H59FN4O6. The summed E-state index contributed by atoms with van der Waals surface area (Å²) >= 11 is 0. The number of methoxy groups -OCH3 is 1. The zero-order valence-corrected chi connectivity index (χ0v) is 36.6. The fourth-order valence-corrected chi connectivity index (χ4v) is 11.9. The molecule has 10 nitrogen and oxygen atoms in total. The number of amides is 3. The number of halogens is 1. The van der Waals surface area contributed by atoms with Crippen molar-refractivity contribution in [3.63, 3.8) is 0 Å². The predicted octanol–water partition coefficient (Wildman–Crippen LogP) is 8.05. The number of piperidine rings is 2. The van der Waals surface area contributed by atoms with E-state index in [1.54, 1.807) is 24.1 Å². The Morgan fingerprint density at radius 3 is 2.44 bits per heavy atom. The highest BCUT2D eigenvalue weighted by Crippen LogP contribution is 2.51. The number of anilines is 1. The summed E-state index contributed by atoms with van der Waals surface area (Å²) in [5.41, 5.74) is 7.80. The first-order valence-corrected chi connectivity index (χ1v) is 23.2. The van der Waals surface area contributed by atoms with E-state index in [1.165, 1.54) is 24.0 Å². The molecule has 3 saturated heterocycles. The topological polar surface area (TPSA) is 112 Å². The largest absolute Gasteiger partial charge is 0.508 e. The molecule has 63 heavy (non-hydrogen) atoms. The van der Waals surface area contributed by atoms with Crippen LogP contribution in [0.1, 0.15) is 114 Å². The Morgan fingerprint density at radius 1 is 0.921 bits per heavy atom. The Kier molecular flexibility index (Phi) is 11.0. The third-order valence-electron chi connectivity index (χ3n) is 15.7. The number of phenols is 1. The molecule has 1 aliphatic carbocycles. The molecule has 1 saturated carbocycles. The van der Waals surface area contributed by atoms with Gasteiger partial charge in [0.2, 0.25) is 11.8 Å². The maximum atomic E-state index is 16.1. The average Bonchev–Trinajstić information content (AvgIpc) is 3.78. The minimum Gasteiger partial charge on any atom is -0.508 e. The number of likely N-dealkylation sites (tertiary alicyclic amines) is 1. The van der Waals surface area contributed by atoms with Gasteiger partial charge in [0.05, 0.1) is 19.4 Å². The van der Waals surface area contributed by atoms with E-state index in [4.69, 9.17) is 9.47 Å². The summed E-state index contributed by atoms with van der Waals surface area (Å²) in [6, 6.07) is 23.0. The van der Waals surface area contributed by atoms with Gasteiger partial charge < -0.3 is 29.3 Å². The molecule has 0 bridgehead atoms. The van der Waals surface area contributed by atoms with Crippen molar-refractivity contribution in [1.82, 2.24) is 15.1 Å². The van der Waals surface area contributed by atoms with Crippen LogP contribution in [0.15, 0.2) is 72.8 Å². The van der Waals surface area contributed by atoms with Crippen LogP contribution in [-0.2, 0) is 34.4 Å². The molecule has 6 aliphatic rings. The summed E-state index contributed by atoms with van der Waals surface area (Å²) < 4.78 is 28.4. The predicted molar refractivity (Wildman–Crippen MR) is 239 cm³/mol. The van der Waals surface area contributed by atoms with Gasteiger partial charge in [-0.25, -0.2) is 4.39 Å². The van der Waals surface area contributed by atoms with E-state index < -0.39 is 11.9 Å². The lowest BCUT2D eigenvalue weighted by atomic mass is 9.65. The lowest BCUT2D eigenvalue weighted by molar-refractivity contribution is -0.136. The van der Waals surface area contributed by atoms with Crippen molar-refractivity contribution >= 4 is 23.4 Å². The number of carbonyl (C=O) groups is 3. The molecule has 2 N–H and O–H groups in total. The summed E-state index contributed by atoms with van der Waals surface area (Å²) in [5, 5.41) is 12.8. The third kappa shape index (κ3) is 7.84. The van der Waals surface area contributed by atoms with Crippen molar-refractivity contribution in [2.75, 3.05) is 51.3 Å². The molecule has 330 valence electrons. The number of imide groups is 1. The summed E-state index contributed by atoms with van der Waals surface area (Å²) in [4.78, 5) is 44.2. The third-order valence-corrected chi connectivity index (χ3v) is 15.7. The number of benzene rings is 4. The van der Waals surface area contributed by atoms with Crippen molar-refractivity contribution in [2.24, 2.45) is 11.3 Å². The van der Waals surface area contributed by atoms with Crippen molar-refractivity contribution in [2.45, 2.75) is 101 Å². The van der Waals surface area contributed by atoms with Gasteiger partial charge in [-0.3, -0.25) is 19.7 Å². The molecule has 4 fully saturated rings. The van der Waals surface area contributed by atoms with Gasteiger partial charge in [-0.15, -0.1) is 0 Å². The van der Waals surface area contributed by atoms with Gasteiger partial charge in [0.15, 0.2) is 0 Å². The normalized spacial score (nSPS) is 22.1. The van der Waals surface area contributed by atoms with Gasteiger partial charge in [0.25, 0.3) is 5.91 Å². The second kappa shape index (κ2) is 16.6. The fraction of sp³-hybridized carbons (Fsp3) is 0.481. The van der Waals surface area contributed by atoms with E-state index in [0.29, 0.717) is 42.5 Å². The molecular weight excluding hydrogens is 796 g/mol. The van der Waals surface area contributed by atoms with Crippen LogP contribution >= 0.6 is 0 Å². The summed E-state index contributed by atoms with van der Waals surface area (Å²) in [6.07, 6.45) is 10.0. The minimum atomic E-state index is -0.624. The number of hydrogen-bond donors (Lipinski definition) is 2. The number of nitrogens with zero attached hydrogens (tertiary/aromatic N) is 3. The lowest BCUT2D eigenvalue weighted by Crippen LogP contribution is -2.58. The van der Waals surface area contributed by atoms with E-state index in [1.807, 2.05) is 30.3 Å². The molecule has 0 aromatic heterocycles. The average molecular weight is 855 g/mol. The van der Waals surface area contributed by atoms with Gasteiger partial charge in [0, 0.05) is 72.1 Å². The highest BCUT2D eigenvalue weighted by atomic mass is 19.1. The quantitative estimate of drug-likeness (QED) is 0.146. The molecule has 2 unspecified atom stereocenters. The van der Waals surface area contributed by atoms with E-state index in [-0.39, 0.29) is 46.5 Å². The van der Waals surface area contributed by atoms with Crippen molar-refractivity contribution in [3.05, 3.63) is 118 Å². The molecule has 2 spiro atoms. The van der Waals surface area contributed by atoms with Crippen LogP contribution < -0.4 is 19.7 Å². The van der Waals surface area contributed by atoms with Crippen LogP contribution in [0.25, 0.3) is 0 Å². The number of aromatic hydroxyl groups is 1. The molecule has 4 aromatic rings. The lowest BCUT2D eigenvalue weighted by Gasteiger charge is -2.55. The molecule has 10 rings (SSSR count). The maximum absolute atomic E-state index is 16.1. The zero-order valence-electron chi connectivity index (χ0n) is 36.6. The van der Waals surface area contributed by atoms with Crippen molar-refractivity contribution in [1.29, 1.82) is 0 Å². The fourth-order valence-electron chi connectivity index (χ4n) is 11.9. The Hall–Kier alpha value is -5.42. The molecule has 2 atom stereocenters. The number of nitrogens with one attached hydrogen (secondary N) is 1. The summed E-state index contributed by atoms with van der Waals surface area (Å²) in [5.74, 6) is 1.22. The van der Waals surface area contributed by atoms with Crippen molar-refractivity contribution in [3.8, 4) is 17.2 Å². The van der Waals surface area contributed by atoms with Gasteiger partial charge in [-0.2, -0.15) is 0 Å². The van der Waals surface area contributed by atoms with E-state index in [2.05, 4.69) is 52.4 Å². The number of aryl methyl sites for hydroxylation is 2. The number of carbonyl (C=O) groups excluding carboxylic acids is 3. The Balaban J connectivity index is 0.722. The van der Waals surface area contributed by atoms with Crippen LogP contribution in [-0.4, -0.2) is 85.1 Å². The van der Waals surface area contributed by atoms with Gasteiger partial charge in [-0.1, -0.05) is 43.3 Å². The molecule has 11 heteroatoms. The first kappa shape index (κ1) is 41.6. The van der Waals surface area contributed by atoms with Crippen LogP contribution in [0.3, 0.4) is 0 Å². The van der Waals surface area contributed by atoms with Crippen LogP contribution in [0.5, 0.6) is 17.2 Å². The van der Waals surface area contributed by atoms with Gasteiger partial charge in [-0.05, 0) is 136 Å². The standard InChI is InChI=1S/C52H59FN4O6/c1-33(39-12-11-38(58)23-36(39)10-6-9-34-7-4-3-5-8-34)40-25-43(53)45(27-46(40)62-2)56-30-51(31-56)17-15-35(16-18-51)28-55-21-19-52(20-22-55)32-63-47-26-41-37(24-42(47)52)29-57(50(41)61)44-13-14-48(59)54-49(44)60/h3-5,7-8,11-12,23-27,33,35,44,58H,6,9-10,13-22,28-32H2,1-2H3,(H,54,59,60). The molecule has 5 aliphatic heterocycles. The number of phenolic OH excluding ortho intramolecular Hbond substituents is 1. The molecule has 4 aromatic carbocycles. The first-order valence-electron chi connectivity index (χ1n) is 23.2. The second-order valence-electron chi connectivity index (χ2n) is 19.6. The van der Waals surface area contributed by atoms with Crippen LogP contribution in [0, 0.1) is 17.2 Å². The Labute approximate surface area is 369 Å². The molecule has 5 heterocycles. The first-order chi connectivity index (χ1) is 30.5. The number of ether oxygens (including phenoxy) is 2. The second-order valence-corrected chi connectivity index (χ2v) is 19.6. The summed E-state index contributed by atoms with van der Waals surface area (Å²) in [6.45, 7) is 7.96. The number of fused-ring (bicyclic) bond motifs is 3. The zero-order chi connectivity index (χ0) is 43.5. The van der Waals surface area contributed by atoms with Crippen molar-refractivity contribution < 1.29 is 33.4 Å². The van der Waals surface area contributed by atoms with Gasteiger partial charge in [0.1, 0.15) is 29.1 Å². The van der Waals surface area contributed by atoms with E-state index >= 15 is 4.39 Å². The Morgan fingerprint density at radius 2 is 1.70 bits per heavy atom. The molecule has 0 radical (unpaired) electrons. The maximum Gasteiger partial charge on any atom is 0.255 e. The monoisotopic (exact) mass is 854 g/mol. The highest BCUT2D eigenvalue weighted by molar-refractivity contribution is 6.05. The van der Waals surface area contributed by atoms with Gasteiger partial charge >= 0.3 is 0 Å².